The quantitative estimate of drug-likeness (QED) is 0.598. The molecule has 3 aromatic carbocycles. The van der Waals surface area contributed by atoms with Crippen molar-refractivity contribution in [3.63, 3.8) is 0 Å². The Morgan fingerprint density at radius 2 is 1.42 bits per heavy atom. The first-order valence-corrected chi connectivity index (χ1v) is 9.73. The minimum atomic E-state index is -0.549. The van der Waals surface area contributed by atoms with Crippen LogP contribution in [-0.4, -0.2) is 35.1 Å². The summed E-state index contributed by atoms with van der Waals surface area (Å²) >= 11 is 6.24. The van der Waals surface area contributed by atoms with Crippen LogP contribution in [0.2, 0.25) is 5.02 Å². The minimum absolute atomic E-state index is 0.225. The molecule has 4 rings (SSSR count). The van der Waals surface area contributed by atoms with Crippen LogP contribution in [0.4, 0.5) is 11.4 Å². The predicted octanol–water partition coefficient (Wildman–Crippen LogP) is 3.83. The first-order valence-electron chi connectivity index (χ1n) is 9.35. The van der Waals surface area contributed by atoms with Crippen LogP contribution in [0, 0.1) is 0 Å². The standard InChI is InChI=1S/C23H16ClN3O4/c24-18-12-15(10-11-19(18)26-21(29)14-6-2-1-3-7-14)25-20(28)13-27-22(30)16-8-4-5-9-17(16)23(27)31/h1-12H,13H2,(H,25,28)(H,26,29). The van der Waals surface area contributed by atoms with Gasteiger partial charge in [0.1, 0.15) is 6.54 Å². The van der Waals surface area contributed by atoms with Crippen LogP contribution >= 0.6 is 11.6 Å². The Morgan fingerprint density at radius 1 is 0.806 bits per heavy atom. The fraction of sp³-hybridized carbons (Fsp3) is 0.0435. The Morgan fingerprint density at radius 3 is 2.03 bits per heavy atom. The van der Waals surface area contributed by atoms with Crippen molar-refractivity contribution in [1.29, 1.82) is 0 Å². The average molecular weight is 434 g/mol. The summed E-state index contributed by atoms with van der Waals surface area (Å²) in [7, 11) is 0. The number of carbonyl (C=O) groups excluding carboxylic acids is 4. The zero-order valence-corrected chi connectivity index (χ0v) is 16.8. The lowest BCUT2D eigenvalue weighted by Gasteiger charge is -2.14. The molecule has 0 fully saturated rings. The molecule has 7 nitrogen and oxygen atoms in total. The van der Waals surface area contributed by atoms with E-state index in [-0.39, 0.29) is 22.1 Å². The number of nitrogens with one attached hydrogen (secondary N) is 2. The molecular weight excluding hydrogens is 418 g/mol. The van der Waals surface area contributed by atoms with E-state index in [1.54, 1.807) is 60.7 Å². The third-order valence-electron chi connectivity index (χ3n) is 4.72. The molecule has 2 N–H and O–H groups in total. The maximum absolute atomic E-state index is 12.4. The molecule has 0 aliphatic carbocycles. The van der Waals surface area contributed by atoms with E-state index in [4.69, 9.17) is 11.6 Å². The molecule has 0 saturated carbocycles. The molecule has 1 aliphatic rings. The van der Waals surface area contributed by atoms with Gasteiger partial charge in [-0.25, -0.2) is 0 Å². The predicted molar refractivity (Wildman–Crippen MR) is 116 cm³/mol. The van der Waals surface area contributed by atoms with E-state index in [0.717, 1.165) is 4.90 Å². The van der Waals surface area contributed by atoms with E-state index in [1.165, 1.54) is 6.07 Å². The van der Waals surface area contributed by atoms with E-state index in [0.29, 0.717) is 16.9 Å². The summed E-state index contributed by atoms with van der Waals surface area (Å²) < 4.78 is 0. The van der Waals surface area contributed by atoms with Gasteiger partial charge in [-0.15, -0.1) is 0 Å². The van der Waals surface area contributed by atoms with Crippen LogP contribution in [-0.2, 0) is 4.79 Å². The number of amides is 4. The Kier molecular flexibility index (Phi) is 5.51. The number of halogens is 1. The second-order valence-corrected chi connectivity index (χ2v) is 7.21. The van der Waals surface area contributed by atoms with Crippen LogP contribution < -0.4 is 10.6 Å². The first-order chi connectivity index (χ1) is 14.9. The SMILES string of the molecule is O=C(CN1C(=O)c2ccccc2C1=O)Nc1ccc(NC(=O)c2ccccc2)c(Cl)c1. The van der Waals surface area contributed by atoms with E-state index < -0.39 is 24.3 Å². The molecule has 0 bridgehead atoms. The molecular formula is C23H16ClN3O4. The van der Waals surface area contributed by atoms with E-state index in [9.17, 15) is 19.2 Å². The largest absolute Gasteiger partial charge is 0.324 e. The Bertz CT molecular complexity index is 1180. The smallest absolute Gasteiger partial charge is 0.262 e. The Hall–Kier alpha value is -3.97. The van der Waals surface area contributed by atoms with Gasteiger partial charge in [-0.2, -0.15) is 0 Å². The van der Waals surface area contributed by atoms with Crippen molar-refractivity contribution in [3.05, 3.63) is 94.5 Å². The molecule has 0 saturated heterocycles. The zero-order valence-electron chi connectivity index (χ0n) is 16.1. The van der Waals surface area contributed by atoms with Gasteiger partial charge in [0.25, 0.3) is 17.7 Å². The number of anilines is 2. The molecule has 31 heavy (non-hydrogen) atoms. The second-order valence-electron chi connectivity index (χ2n) is 6.80. The highest BCUT2D eigenvalue weighted by molar-refractivity contribution is 6.34. The van der Waals surface area contributed by atoms with Crippen molar-refractivity contribution >= 4 is 46.6 Å². The monoisotopic (exact) mass is 433 g/mol. The number of hydrogen-bond donors (Lipinski definition) is 2. The van der Waals surface area contributed by atoms with Crippen molar-refractivity contribution in [1.82, 2.24) is 4.90 Å². The lowest BCUT2D eigenvalue weighted by atomic mass is 10.1. The molecule has 4 amide bonds. The van der Waals surface area contributed by atoms with E-state index in [1.807, 2.05) is 6.07 Å². The highest BCUT2D eigenvalue weighted by atomic mass is 35.5. The number of benzene rings is 3. The minimum Gasteiger partial charge on any atom is -0.324 e. The van der Waals surface area contributed by atoms with Crippen molar-refractivity contribution in [2.45, 2.75) is 0 Å². The fourth-order valence-electron chi connectivity index (χ4n) is 3.21. The maximum Gasteiger partial charge on any atom is 0.262 e. The average Bonchev–Trinajstić information content (AvgIpc) is 3.01. The van der Waals surface area contributed by atoms with Gasteiger partial charge >= 0.3 is 0 Å². The summed E-state index contributed by atoms with van der Waals surface area (Å²) in [6.07, 6.45) is 0. The lowest BCUT2D eigenvalue weighted by Crippen LogP contribution is -2.37. The van der Waals surface area contributed by atoms with Crippen LogP contribution in [0.3, 0.4) is 0 Å². The molecule has 8 heteroatoms. The molecule has 0 unspecified atom stereocenters. The lowest BCUT2D eigenvalue weighted by molar-refractivity contribution is -0.116. The van der Waals surface area contributed by atoms with Crippen molar-refractivity contribution < 1.29 is 19.2 Å². The molecule has 0 spiro atoms. The normalized spacial score (nSPS) is 12.5. The van der Waals surface area contributed by atoms with Crippen molar-refractivity contribution in [2.75, 3.05) is 17.2 Å². The summed E-state index contributed by atoms with van der Waals surface area (Å²) in [6.45, 7) is -0.420. The third kappa shape index (κ3) is 4.17. The number of rotatable bonds is 5. The summed E-state index contributed by atoms with van der Waals surface area (Å²) in [5, 5.41) is 5.54. The highest BCUT2D eigenvalue weighted by Gasteiger charge is 2.36. The van der Waals surface area contributed by atoms with Gasteiger partial charge in [0.2, 0.25) is 5.91 Å². The van der Waals surface area contributed by atoms with Crippen LogP contribution in [0.15, 0.2) is 72.8 Å². The zero-order chi connectivity index (χ0) is 22.0. The number of fused-ring (bicyclic) bond motifs is 1. The van der Waals surface area contributed by atoms with Crippen molar-refractivity contribution in [2.24, 2.45) is 0 Å². The van der Waals surface area contributed by atoms with Gasteiger partial charge in [-0.05, 0) is 42.5 Å². The number of imide groups is 1. The molecule has 154 valence electrons. The van der Waals surface area contributed by atoms with Crippen LogP contribution in [0.25, 0.3) is 0 Å². The van der Waals surface area contributed by atoms with Gasteiger partial charge in [0.15, 0.2) is 0 Å². The van der Waals surface area contributed by atoms with Gasteiger partial charge in [-0.1, -0.05) is 41.9 Å². The summed E-state index contributed by atoms with van der Waals surface area (Å²) in [5.41, 5.74) is 1.79. The molecule has 1 heterocycles. The van der Waals surface area contributed by atoms with Gasteiger partial charge in [-0.3, -0.25) is 24.1 Å². The second kappa shape index (κ2) is 8.41. The van der Waals surface area contributed by atoms with Gasteiger partial charge < -0.3 is 10.6 Å². The number of hydrogen-bond acceptors (Lipinski definition) is 4. The number of carbonyl (C=O) groups is 4. The van der Waals surface area contributed by atoms with Crippen molar-refractivity contribution in [3.8, 4) is 0 Å². The summed E-state index contributed by atoms with van der Waals surface area (Å²) in [4.78, 5) is 50.3. The topological polar surface area (TPSA) is 95.6 Å². The molecule has 0 radical (unpaired) electrons. The summed E-state index contributed by atoms with van der Waals surface area (Å²) in [5.74, 6) is -1.88. The van der Waals surface area contributed by atoms with Gasteiger partial charge in [0, 0.05) is 11.3 Å². The van der Waals surface area contributed by atoms with E-state index in [2.05, 4.69) is 10.6 Å². The molecule has 3 aromatic rings. The Labute approximate surface area is 182 Å². The van der Waals surface area contributed by atoms with Gasteiger partial charge in [0.05, 0.1) is 21.8 Å². The number of nitrogens with zero attached hydrogens (tertiary/aromatic N) is 1. The highest BCUT2D eigenvalue weighted by Crippen LogP contribution is 2.27. The maximum atomic E-state index is 12.4. The fourth-order valence-corrected chi connectivity index (χ4v) is 3.43. The van der Waals surface area contributed by atoms with Crippen LogP contribution in [0.5, 0.6) is 0 Å². The Balaban J connectivity index is 1.40. The summed E-state index contributed by atoms with van der Waals surface area (Å²) in [6, 6.07) is 19.7. The van der Waals surface area contributed by atoms with E-state index >= 15 is 0 Å². The molecule has 0 aromatic heterocycles. The first kappa shape index (κ1) is 20.3. The molecule has 1 aliphatic heterocycles. The molecule has 0 atom stereocenters. The third-order valence-corrected chi connectivity index (χ3v) is 5.03. The van der Waals surface area contributed by atoms with Crippen LogP contribution in [0.1, 0.15) is 31.1 Å².